The number of nitrogens with zero attached hydrogens (tertiary/aromatic N) is 6. The minimum Gasteiger partial charge on any atom is -0.507 e. The lowest BCUT2D eigenvalue weighted by Gasteiger charge is -2.34. The molecule has 6 aromatic rings. The first kappa shape index (κ1) is 61.5. The molecule has 6 aromatic carbocycles. The molecule has 8 nitrogen and oxygen atoms in total. The smallest absolute Gasteiger partial charge is 0.133 e. The molecule has 0 aromatic heterocycles. The first-order valence-corrected chi connectivity index (χ1v) is 26.4. The van der Waals surface area contributed by atoms with E-state index in [0.717, 1.165) is 122 Å². The zero-order valence-electron chi connectivity index (χ0n) is 47.7. The summed E-state index contributed by atoms with van der Waals surface area (Å²) in [5.74, 6) is 1.44. The van der Waals surface area contributed by atoms with Crippen molar-refractivity contribution in [1.29, 1.82) is 0 Å². The van der Waals surface area contributed by atoms with Gasteiger partial charge in [-0.15, -0.1) is 11.6 Å². The van der Waals surface area contributed by atoms with Gasteiger partial charge in [0.2, 0.25) is 0 Å². The molecule has 0 radical (unpaired) electrons. The zero-order chi connectivity index (χ0) is 55.5. The molecule has 0 spiro atoms. The van der Waals surface area contributed by atoms with Crippen LogP contribution in [0.5, 0.6) is 11.5 Å². The normalized spacial score (nSPS) is 11.7. The fourth-order valence-electron chi connectivity index (χ4n) is 9.46. The molecule has 0 aliphatic carbocycles. The van der Waals surface area contributed by atoms with E-state index in [1.54, 1.807) is 0 Å². The number of halogens is 1. The maximum absolute atomic E-state index is 11.8. The van der Waals surface area contributed by atoms with Crippen LogP contribution >= 0.6 is 11.6 Å². The average molecular weight is 1030 g/mol. The van der Waals surface area contributed by atoms with Crippen molar-refractivity contribution >= 4 is 35.9 Å². The molecule has 400 valence electrons. The van der Waals surface area contributed by atoms with Gasteiger partial charge < -0.3 is 38.4 Å². The lowest BCUT2D eigenvalue weighted by molar-refractivity contribution is -0.918. The fraction of sp³-hybridized carbons (Fsp3) is 0.333. The van der Waals surface area contributed by atoms with Gasteiger partial charge in [0.25, 0.3) is 0 Å². The highest BCUT2D eigenvalue weighted by atomic mass is 35.5. The molecule has 75 heavy (non-hydrogen) atoms. The first-order chi connectivity index (χ1) is 35.3. The van der Waals surface area contributed by atoms with Crippen LogP contribution in [0.3, 0.4) is 0 Å². The van der Waals surface area contributed by atoms with Crippen LogP contribution in [0.1, 0.15) is 77.9 Å². The predicted octanol–water partition coefficient (Wildman–Crippen LogP) is 13.3. The molecule has 2 N–H and O–H groups in total. The Labute approximate surface area is 458 Å². The van der Waals surface area contributed by atoms with Crippen molar-refractivity contribution < 1.29 is 23.7 Å². The molecule has 0 heterocycles. The number of hydrogen-bond acceptors (Lipinski definition) is 5. The van der Waals surface area contributed by atoms with Crippen LogP contribution in [0.4, 0.5) is 0 Å². The third kappa shape index (κ3) is 21.2. The van der Waals surface area contributed by atoms with Gasteiger partial charge in [-0.25, -0.2) is 0 Å². The molecule has 0 amide bonds. The van der Waals surface area contributed by atoms with Crippen LogP contribution in [-0.2, 0) is 64.8 Å². The minimum atomic E-state index is 0.426. The number of quaternary nitrogens is 3. The molecule has 0 saturated heterocycles. The van der Waals surface area contributed by atoms with Crippen LogP contribution in [0.25, 0.3) is 24.3 Å². The largest absolute Gasteiger partial charge is 0.507 e. The minimum absolute atomic E-state index is 0.426. The van der Waals surface area contributed by atoms with Gasteiger partial charge in [-0.1, -0.05) is 148 Å². The molecule has 9 heteroatoms. The number of alkyl halides is 1. The molecule has 0 aliphatic rings. The second-order valence-corrected chi connectivity index (χ2v) is 23.2. The highest BCUT2D eigenvalue weighted by Gasteiger charge is 2.27. The lowest BCUT2D eigenvalue weighted by Crippen LogP contribution is -2.40. The summed E-state index contributed by atoms with van der Waals surface area (Å²) >= 11 is 5.60. The van der Waals surface area contributed by atoms with Gasteiger partial charge >= 0.3 is 0 Å². The maximum atomic E-state index is 11.8. The summed E-state index contributed by atoms with van der Waals surface area (Å²) in [7, 11) is 25.7. The van der Waals surface area contributed by atoms with E-state index in [0.29, 0.717) is 17.4 Å². The lowest BCUT2D eigenvalue weighted by atomic mass is 10.00. The quantitative estimate of drug-likeness (QED) is 0.0495. The SMILES string of the molecule is C=Cc1ccc(CCl)cc1.C=Cc1ccc(C[N+](C)(C)Cc2cc(C[N+](C)(C)Cc3ccc(C=C)cc3)c(O)c(C[N+](C)(C)Cc3ccc(C=C)cc3)c2)cc1.CN(C)Cc1cc(CN(C)C)c(O)c(CN(C)C)c1. The van der Waals surface area contributed by atoms with Gasteiger partial charge in [0.1, 0.15) is 50.8 Å². The van der Waals surface area contributed by atoms with Gasteiger partial charge in [-0.3, -0.25) is 0 Å². The first-order valence-electron chi connectivity index (χ1n) is 25.8. The molecule has 6 rings (SSSR count). The number of aromatic hydroxyl groups is 2. The van der Waals surface area contributed by atoms with Gasteiger partial charge in [0.15, 0.2) is 0 Å². The number of rotatable bonds is 23. The summed E-state index contributed by atoms with van der Waals surface area (Å²) in [6.07, 6.45) is 7.46. The summed E-state index contributed by atoms with van der Waals surface area (Å²) in [4.78, 5) is 6.30. The summed E-state index contributed by atoms with van der Waals surface area (Å²) < 4.78 is 2.26. The van der Waals surface area contributed by atoms with Crippen molar-refractivity contribution in [2.75, 3.05) is 84.6 Å². The van der Waals surface area contributed by atoms with E-state index in [1.807, 2.05) is 76.8 Å². The Morgan fingerprint density at radius 1 is 0.360 bits per heavy atom. The van der Waals surface area contributed by atoms with Crippen molar-refractivity contribution in [2.24, 2.45) is 0 Å². The van der Waals surface area contributed by atoms with Gasteiger partial charge in [-0.05, 0) is 99.9 Å². The molecule has 0 aliphatic heterocycles. The third-order valence-corrected chi connectivity index (χ3v) is 13.1. The van der Waals surface area contributed by atoms with E-state index in [9.17, 15) is 10.2 Å². The van der Waals surface area contributed by atoms with E-state index in [1.165, 1.54) is 27.8 Å². The van der Waals surface area contributed by atoms with Crippen LogP contribution in [0, 0.1) is 0 Å². The monoisotopic (exact) mass is 1030 g/mol. The molecule has 0 fully saturated rings. The van der Waals surface area contributed by atoms with Crippen molar-refractivity contribution in [3.63, 3.8) is 0 Å². The number of benzene rings is 6. The van der Waals surface area contributed by atoms with Crippen molar-refractivity contribution in [3.05, 3.63) is 226 Å². The molecule has 0 saturated carbocycles. The fourth-order valence-corrected chi connectivity index (χ4v) is 9.64. The van der Waals surface area contributed by atoms with Crippen LogP contribution in [-0.4, -0.2) is 123 Å². The van der Waals surface area contributed by atoms with Gasteiger partial charge in [-0.2, -0.15) is 0 Å². The highest BCUT2D eigenvalue weighted by molar-refractivity contribution is 6.17. The molecule has 0 bridgehead atoms. The third-order valence-electron chi connectivity index (χ3n) is 12.8. The number of phenols is 2. The van der Waals surface area contributed by atoms with Crippen LogP contribution in [0.15, 0.2) is 148 Å². The second-order valence-electron chi connectivity index (χ2n) is 22.9. The Kier molecular flexibility index (Phi) is 23.5. The second kappa shape index (κ2) is 28.7. The van der Waals surface area contributed by atoms with Gasteiger partial charge in [0.05, 0.1) is 42.3 Å². The average Bonchev–Trinajstić information content (AvgIpc) is 3.34. The standard InChI is InChI=1S/C42H53N3O.C15H27N3O.C9H9Cl/c1-10-33-13-19-36(20-14-33)27-43(4,5)30-39-25-40(31-44(6,7)28-37-21-15-34(11-2)16-22-37)42(46)41(26-39)32-45(8,9)29-38-23-17-35(12-3)18-24-38;1-16(2)9-12-7-13(10-17(3)4)15(19)14(8-12)11-18(5)6;1-2-8-3-5-9(7-10)6-4-8/h10-26H,1-3,27-32H2,4-9H3;7-8,19H,9-11H2,1-6H3;2-6H,1,7H2/q+2;;/p+1. The highest BCUT2D eigenvalue weighted by Crippen LogP contribution is 2.33. The molecular formula is C66H90ClN6O2+3. The maximum Gasteiger partial charge on any atom is 0.133 e. The van der Waals surface area contributed by atoms with E-state index in [2.05, 4.69) is 194 Å². The van der Waals surface area contributed by atoms with Crippen LogP contribution < -0.4 is 0 Å². The van der Waals surface area contributed by atoms with E-state index in [-0.39, 0.29) is 0 Å². The van der Waals surface area contributed by atoms with Crippen molar-refractivity contribution in [1.82, 2.24) is 14.7 Å². The molecule has 0 unspecified atom stereocenters. The zero-order valence-corrected chi connectivity index (χ0v) is 48.5. The van der Waals surface area contributed by atoms with E-state index in [4.69, 9.17) is 11.6 Å². The molecular weight excluding hydrogens is 944 g/mol. The Balaban J connectivity index is 0.000000341. The predicted molar refractivity (Wildman–Crippen MR) is 323 cm³/mol. The topological polar surface area (TPSA) is 50.2 Å². The summed E-state index contributed by atoms with van der Waals surface area (Å²) in [6.45, 7) is 22.7. The Morgan fingerprint density at radius 2 is 0.613 bits per heavy atom. The number of phenolic OH excluding ortho intramolecular Hbond substituents is 2. The summed E-state index contributed by atoms with van der Waals surface area (Å²) in [5, 5.41) is 22.2. The number of hydrogen-bond donors (Lipinski definition) is 2. The summed E-state index contributed by atoms with van der Waals surface area (Å²) in [6, 6.07) is 42.6. The Hall–Kier alpha value is -6.07. The molecule has 0 atom stereocenters. The van der Waals surface area contributed by atoms with Crippen LogP contribution in [0.2, 0.25) is 0 Å². The van der Waals surface area contributed by atoms with Gasteiger partial charge in [0, 0.05) is 70.0 Å². The summed E-state index contributed by atoms with van der Waals surface area (Å²) in [5.41, 5.74) is 16.0. The Morgan fingerprint density at radius 3 is 0.893 bits per heavy atom. The van der Waals surface area contributed by atoms with Crippen molar-refractivity contribution in [3.8, 4) is 11.5 Å². The van der Waals surface area contributed by atoms with E-state index < -0.39 is 0 Å². The Bertz CT molecular complexity index is 2640. The van der Waals surface area contributed by atoms with Crippen molar-refractivity contribution in [2.45, 2.75) is 64.8 Å². The van der Waals surface area contributed by atoms with E-state index >= 15 is 0 Å².